The quantitative estimate of drug-likeness (QED) is 0.102. The zero-order valence-electron chi connectivity index (χ0n) is 31.5. The zero-order chi connectivity index (χ0) is 40.4. The van der Waals surface area contributed by atoms with Gasteiger partial charge in [0, 0.05) is 44.4 Å². The molecule has 3 aromatic carbocycles. The summed E-state index contributed by atoms with van der Waals surface area (Å²) in [6.07, 6.45) is 2.28. The minimum absolute atomic E-state index is 0.129. The molecule has 0 spiro atoms. The van der Waals surface area contributed by atoms with Crippen molar-refractivity contribution in [3.63, 3.8) is 0 Å². The lowest BCUT2D eigenvalue weighted by atomic mass is 9.51. The Morgan fingerprint density at radius 2 is 1.74 bits per heavy atom. The largest absolute Gasteiger partial charge is 0.504 e. The van der Waals surface area contributed by atoms with Gasteiger partial charge in [-0.25, -0.2) is 4.90 Å². The van der Waals surface area contributed by atoms with Gasteiger partial charge in [-0.2, -0.15) is 5.10 Å². The van der Waals surface area contributed by atoms with E-state index in [4.69, 9.17) is 21.4 Å². The fourth-order valence-electron chi connectivity index (χ4n) is 9.86. The number of imide groups is 2. The highest BCUT2D eigenvalue weighted by Gasteiger charge is 2.68. The molecular weight excluding hydrogens is 832 g/mol. The first-order valence-corrected chi connectivity index (χ1v) is 20.5. The smallest absolute Gasteiger partial charge is 0.242 e. The molecule has 6 unspecified atom stereocenters. The van der Waals surface area contributed by atoms with Crippen LogP contribution in [0.1, 0.15) is 54.1 Å². The number of benzene rings is 3. The average Bonchev–Trinajstić information content (AvgIpc) is 3.85. The average molecular weight is 868 g/mol. The van der Waals surface area contributed by atoms with Crippen LogP contribution in [0.3, 0.4) is 0 Å². The molecule has 4 heterocycles. The van der Waals surface area contributed by atoms with Crippen LogP contribution in [0, 0.1) is 36.0 Å². The Balaban J connectivity index is 1.16. The maximum absolute atomic E-state index is 15.2. The molecule has 0 bridgehead atoms. The molecule has 2 saturated heterocycles. The van der Waals surface area contributed by atoms with Crippen LogP contribution in [0.5, 0.6) is 11.5 Å². The summed E-state index contributed by atoms with van der Waals surface area (Å²) in [5.74, 6) is -5.45. The first-order chi connectivity index (χ1) is 27.1. The van der Waals surface area contributed by atoms with Crippen LogP contribution in [-0.4, -0.2) is 51.4 Å². The topological polar surface area (TPSA) is 139 Å². The van der Waals surface area contributed by atoms with E-state index in [1.54, 1.807) is 67.8 Å². The van der Waals surface area contributed by atoms with E-state index in [2.05, 4.69) is 15.9 Å². The molecule has 1 saturated carbocycles. The molecule has 5 aromatic rings. The number of hydrogen-bond donors (Lipinski definition) is 1. The summed E-state index contributed by atoms with van der Waals surface area (Å²) in [5, 5.41) is 18.2. The third kappa shape index (κ3) is 5.34. The minimum atomic E-state index is -1.42. The highest BCUT2D eigenvalue weighted by atomic mass is 79.9. The van der Waals surface area contributed by atoms with Crippen LogP contribution in [0.2, 0.25) is 5.02 Å². The van der Waals surface area contributed by atoms with Gasteiger partial charge in [0.1, 0.15) is 11.5 Å². The van der Waals surface area contributed by atoms with E-state index in [0.29, 0.717) is 43.4 Å². The molecule has 290 valence electrons. The van der Waals surface area contributed by atoms with Crippen molar-refractivity contribution < 1.29 is 33.8 Å². The summed E-state index contributed by atoms with van der Waals surface area (Å²) < 4.78 is 8.70. The molecular formula is C43H36BrClN4O7S. The molecule has 57 heavy (non-hydrogen) atoms. The van der Waals surface area contributed by atoms with Crippen molar-refractivity contribution in [1.82, 2.24) is 9.78 Å². The summed E-state index contributed by atoms with van der Waals surface area (Å²) in [7, 11) is 3.13. The number of thiophene rings is 1. The number of methoxy groups -OCH3 is 1. The maximum Gasteiger partial charge on any atom is 0.242 e. The number of allylic oxidation sites excluding steroid dienone is 2. The summed E-state index contributed by atoms with van der Waals surface area (Å²) in [6.45, 7) is 5.20. The Hall–Kier alpha value is -5.11. The van der Waals surface area contributed by atoms with Crippen molar-refractivity contribution in [2.75, 3.05) is 16.9 Å². The van der Waals surface area contributed by atoms with Gasteiger partial charge in [-0.3, -0.25) is 33.6 Å². The van der Waals surface area contributed by atoms with Gasteiger partial charge in [-0.1, -0.05) is 39.2 Å². The van der Waals surface area contributed by atoms with Crippen molar-refractivity contribution in [3.05, 3.63) is 98.5 Å². The van der Waals surface area contributed by atoms with Crippen LogP contribution in [0.25, 0.3) is 20.7 Å². The minimum Gasteiger partial charge on any atom is -0.504 e. The summed E-state index contributed by atoms with van der Waals surface area (Å²) in [6, 6.07) is 17.2. The second-order valence-corrected chi connectivity index (χ2v) is 17.9. The molecule has 2 aliphatic heterocycles. The fraction of sp³-hybridized carbons (Fsp3) is 0.302. The number of hydrogen-bond acceptors (Lipinski definition) is 9. The van der Waals surface area contributed by atoms with Gasteiger partial charge in [0.15, 0.2) is 17.3 Å². The molecule has 1 N–H and O–H groups in total. The second kappa shape index (κ2) is 13.2. The predicted molar refractivity (Wildman–Crippen MR) is 220 cm³/mol. The molecule has 2 aliphatic carbocycles. The van der Waals surface area contributed by atoms with Gasteiger partial charge in [0.2, 0.25) is 23.6 Å². The van der Waals surface area contributed by atoms with Crippen molar-refractivity contribution in [3.8, 4) is 22.1 Å². The van der Waals surface area contributed by atoms with Crippen molar-refractivity contribution >= 4 is 89.9 Å². The van der Waals surface area contributed by atoms with Crippen molar-refractivity contribution in [1.29, 1.82) is 0 Å². The number of halogens is 2. The molecule has 0 radical (unpaired) electrons. The SMILES string of the molecule is COc1cc(Br)cc(C2C3=CCC4C(=O)N(c5ccc(C(C)=O)cc5)C(=O)C4C3CC3C(=O)N(c4cc(-c5sc6ccc(Cl)cc6c5C)nn4C)C(=O)C32C)c1O. The lowest BCUT2D eigenvalue weighted by Crippen LogP contribution is -2.49. The Labute approximate surface area is 345 Å². The molecule has 11 nitrogen and oxygen atoms in total. The monoisotopic (exact) mass is 866 g/mol. The normalized spacial score (nSPS) is 25.5. The highest BCUT2D eigenvalue weighted by molar-refractivity contribution is 9.10. The molecule has 4 amide bonds. The first kappa shape index (κ1) is 37.5. The molecule has 3 fully saturated rings. The maximum atomic E-state index is 15.2. The van der Waals surface area contributed by atoms with Gasteiger partial charge < -0.3 is 9.84 Å². The fourth-order valence-corrected chi connectivity index (χ4v) is 11.6. The number of nitrogens with zero attached hydrogens (tertiary/aromatic N) is 4. The molecule has 9 rings (SSSR count). The number of fused-ring (bicyclic) bond motifs is 5. The van der Waals surface area contributed by atoms with Gasteiger partial charge in [0.05, 0.1) is 40.8 Å². The van der Waals surface area contributed by atoms with E-state index in [-0.39, 0.29) is 36.0 Å². The van der Waals surface area contributed by atoms with Crippen molar-refractivity contribution in [2.24, 2.45) is 36.1 Å². The van der Waals surface area contributed by atoms with E-state index in [1.807, 2.05) is 31.2 Å². The van der Waals surface area contributed by atoms with Gasteiger partial charge in [-0.15, -0.1) is 11.3 Å². The number of aryl methyl sites for hydroxylation is 2. The number of anilines is 2. The Bertz CT molecular complexity index is 2670. The predicted octanol–water partition coefficient (Wildman–Crippen LogP) is 8.38. The van der Waals surface area contributed by atoms with Gasteiger partial charge in [0.25, 0.3) is 0 Å². The van der Waals surface area contributed by atoms with E-state index >= 15 is 4.79 Å². The van der Waals surface area contributed by atoms with E-state index in [9.17, 15) is 24.3 Å². The first-order valence-electron chi connectivity index (χ1n) is 18.5. The van der Waals surface area contributed by atoms with Gasteiger partial charge in [-0.05, 0) is 105 Å². The van der Waals surface area contributed by atoms with Crippen LogP contribution in [-0.2, 0) is 26.2 Å². The molecule has 14 heteroatoms. The number of ketones is 1. The molecule has 2 aromatic heterocycles. The molecule has 6 atom stereocenters. The summed E-state index contributed by atoms with van der Waals surface area (Å²) in [5.41, 5.74) is 2.05. The number of aromatic nitrogens is 2. The number of rotatable bonds is 6. The Morgan fingerprint density at radius 1 is 1.00 bits per heavy atom. The highest BCUT2D eigenvalue weighted by Crippen LogP contribution is 2.65. The number of amides is 4. The zero-order valence-corrected chi connectivity index (χ0v) is 34.7. The lowest BCUT2D eigenvalue weighted by Gasteiger charge is -2.49. The number of carbonyl (C=O) groups is 5. The Morgan fingerprint density at radius 3 is 2.44 bits per heavy atom. The summed E-state index contributed by atoms with van der Waals surface area (Å²) >= 11 is 11.4. The second-order valence-electron chi connectivity index (χ2n) is 15.5. The summed E-state index contributed by atoms with van der Waals surface area (Å²) in [4.78, 5) is 74.1. The standard InChI is InChI=1S/C43H36BrClN4O7S/c1-19-27-16-23(45)8-13-33(27)57-38(19)31-18-34(47(4)46-31)49-40(53)30-17-28-25(36(43(30,3)42(49)55)29-14-22(44)15-32(56-5)37(29)51)11-12-26-35(28)41(54)48(39(26)52)24-9-6-21(7-10-24)20(2)50/h6-11,13-16,18,26,28,30,35-36,51H,12,17H2,1-5H3. The number of ether oxygens (including phenoxy) is 1. The van der Waals surface area contributed by atoms with E-state index < -0.39 is 52.7 Å². The molecule has 4 aliphatic rings. The van der Waals surface area contributed by atoms with E-state index in [1.165, 1.54) is 28.5 Å². The van der Waals surface area contributed by atoms with Crippen LogP contribution in [0.15, 0.2) is 76.8 Å². The number of phenolic OH excluding ortho intramolecular Hbond substituents is 1. The lowest BCUT2D eigenvalue weighted by molar-refractivity contribution is -0.131. The van der Waals surface area contributed by atoms with Crippen LogP contribution < -0.4 is 14.5 Å². The van der Waals surface area contributed by atoms with Crippen LogP contribution >= 0.6 is 38.9 Å². The van der Waals surface area contributed by atoms with E-state index in [0.717, 1.165) is 20.5 Å². The Kier molecular flexibility index (Phi) is 8.69. The number of Topliss-reactive ketones (excluding diaryl/α,β-unsaturated/α-hetero) is 1. The number of aromatic hydroxyl groups is 1. The number of phenols is 1. The van der Waals surface area contributed by atoms with Crippen molar-refractivity contribution in [2.45, 2.75) is 39.5 Å². The van der Waals surface area contributed by atoms with Crippen LogP contribution in [0.4, 0.5) is 11.5 Å². The van der Waals surface area contributed by atoms with Gasteiger partial charge >= 0.3 is 0 Å². The number of carbonyl (C=O) groups excluding carboxylic acids is 5. The third-order valence-corrected chi connectivity index (χ3v) is 14.6. The third-order valence-electron chi connectivity index (χ3n) is 12.6.